The average molecular weight is 333 g/mol. The third-order valence-electron chi connectivity index (χ3n) is 4.86. The second kappa shape index (κ2) is 9.04. The molecule has 24 heavy (non-hydrogen) atoms. The van der Waals surface area contributed by atoms with Crippen molar-refractivity contribution < 1.29 is 9.53 Å². The van der Waals surface area contributed by atoms with Gasteiger partial charge in [0.15, 0.2) is 0 Å². The van der Waals surface area contributed by atoms with Crippen LogP contribution < -0.4 is 15.8 Å². The molecule has 1 fully saturated rings. The summed E-state index contributed by atoms with van der Waals surface area (Å²) in [4.78, 5) is 14.4. The minimum Gasteiger partial charge on any atom is -0.497 e. The number of amides is 1. The van der Waals surface area contributed by atoms with Crippen molar-refractivity contribution in [3.05, 3.63) is 29.8 Å². The summed E-state index contributed by atoms with van der Waals surface area (Å²) >= 11 is 0. The number of nitrogens with one attached hydrogen (secondary N) is 1. The van der Waals surface area contributed by atoms with Crippen LogP contribution in [0.4, 0.5) is 0 Å². The fraction of sp³-hybridized carbons (Fsp3) is 0.632. The summed E-state index contributed by atoms with van der Waals surface area (Å²) in [5, 5.41) is 3.01. The summed E-state index contributed by atoms with van der Waals surface area (Å²) in [6.45, 7) is 7.81. The van der Waals surface area contributed by atoms with Gasteiger partial charge in [-0.3, -0.25) is 9.69 Å². The quantitative estimate of drug-likeness (QED) is 0.801. The first-order valence-corrected chi connectivity index (χ1v) is 8.88. The number of benzene rings is 1. The van der Waals surface area contributed by atoms with E-state index in [1.165, 1.54) is 5.56 Å². The lowest BCUT2D eigenvalue weighted by Gasteiger charge is -2.32. The van der Waals surface area contributed by atoms with Crippen LogP contribution in [0.5, 0.6) is 5.75 Å². The molecular formula is C19H31N3O2. The Balaban J connectivity index is 1.70. The van der Waals surface area contributed by atoms with Gasteiger partial charge in [0.25, 0.3) is 0 Å². The second-order valence-electron chi connectivity index (χ2n) is 7.08. The van der Waals surface area contributed by atoms with Crippen molar-refractivity contribution in [2.45, 2.75) is 39.3 Å². The molecule has 1 saturated heterocycles. The Kier molecular flexibility index (Phi) is 7.06. The first-order valence-electron chi connectivity index (χ1n) is 8.88. The number of nitrogens with zero attached hydrogens (tertiary/aromatic N) is 1. The van der Waals surface area contributed by atoms with E-state index in [1.54, 1.807) is 7.11 Å². The van der Waals surface area contributed by atoms with Crippen LogP contribution in [0.25, 0.3) is 0 Å². The highest BCUT2D eigenvalue weighted by Crippen LogP contribution is 2.19. The van der Waals surface area contributed by atoms with Crippen LogP contribution in [0.2, 0.25) is 0 Å². The van der Waals surface area contributed by atoms with E-state index in [0.717, 1.165) is 44.8 Å². The minimum absolute atomic E-state index is 0.0225. The van der Waals surface area contributed by atoms with Crippen molar-refractivity contribution in [1.29, 1.82) is 0 Å². The highest BCUT2D eigenvalue weighted by Gasteiger charge is 2.22. The molecule has 0 radical (unpaired) electrons. The van der Waals surface area contributed by atoms with E-state index >= 15 is 0 Å². The van der Waals surface area contributed by atoms with Crippen molar-refractivity contribution in [2.75, 3.05) is 26.7 Å². The summed E-state index contributed by atoms with van der Waals surface area (Å²) < 4.78 is 5.19. The van der Waals surface area contributed by atoms with E-state index in [1.807, 2.05) is 26.0 Å². The van der Waals surface area contributed by atoms with Gasteiger partial charge in [-0.15, -0.1) is 0 Å². The lowest BCUT2D eigenvalue weighted by molar-refractivity contribution is -0.123. The number of methoxy groups -OCH3 is 1. The normalized spacial score (nSPS) is 17.7. The van der Waals surface area contributed by atoms with Gasteiger partial charge in [0.1, 0.15) is 5.75 Å². The molecule has 3 N–H and O–H groups in total. The molecule has 5 heteroatoms. The van der Waals surface area contributed by atoms with Crippen molar-refractivity contribution in [3.63, 3.8) is 0 Å². The minimum atomic E-state index is -0.403. The highest BCUT2D eigenvalue weighted by molar-refractivity contribution is 5.81. The molecule has 0 unspecified atom stereocenters. The zero-order valence-corrected chi connectivity index (χ0v) is 15.1. The molecule has 1 amide bonds. The number of piperidine rings is 1. The summed E-state index contributed by atoms with van der Waals surface area (Å²) in [6.07, 6.45) is 2.24. The monoisotopic (exact) mass is 333 g/mol. The molecule has 1 heterocycles. The number of hydrogen-bond acceptors (Lipinski definition) is 4. The van der Waals surface area contributed by atoms with Crippen LogP contribution in [0.1, 0.15) is 32.3 Å². The van der Waals surface area contributed by atoms with E-state index in [4.69, 9.17) is 10.5 Å². The van der Waals surface area contributed by atoms with Crippen LogP contribution in [-0.4, -0.2) is 43.6 Å². The molecule has 0 bridgehead atoms. The Labute approximate surface area is 145 Å². The molecule has 1 aliphatic heterocycles. The number of carbonyl (C=O) groups is 1. The van der Waals surface area contributed by atoms with Gasteiger partial charge in [-0.2, -0.15) is 0 Å². The number of nitrogens with two attached hydrogens (primary N) is 1. The largest absolute Gasteiger partial charge is 0.497 e. The number of carbonyl (C=O) groups excluding carboxylic acids is 1. The average Bonchev–Trinajstić information content (AvgIpc) is 2.60. The molecule has 5 nitrogen and oxygen atoms in total. The maximum atomic E-state index is 11.9. The molecule has 0 spiro atoms. The van der Waals surface area contributed by atoms with Gasteiger partial charge in [0, 0.05) is 13.1 Å². The predicted molar refractivity (Wildman–Crippen MR) is 96.8 cm³/mol. The maximum absolute atomic E-state index is 11.9. The summed E-state index contributed by atoms with van der Waals surface area (Å²) in [5.74, 6) is 1.61. The number of ether oxygens (including phenoxy) is 1. The summed E-state index contributed by atoms with van der Waals surface area (Å²) in [6, 6.07) is 7.86. The van der Waals surface area contributed by atoms with Crippen LogP contribution in [0.3, 0.4) is 0 Å². The molecular weight excluding hydrogens is 302 g/mol. The topological polar surface area (TPSA) is 67.6 Å². The van der Waals surface area contributed by atoms with Crippen LogP contribution in [0, 0.1) is 11.8 Å². The first kappa shape index (κ1) is 18.7. The number of likely N-dealkylation sites (tertiary alicyclic amines) is 1. The summed E-state index contributed by atoms with van der Waals surface area (Å²) in [5.41, 5.74) is 7.19. The second-order valence-corrected chi connectivity index (χ2v) is 7.08. The van der Waals surface area contributed by atoms with Gasteiger partial charge < -0.3 is 15.8 Å². The van der Waals surface area contributed by atoms with Gasteiger partial charge in [-0.25, -0.2) is 0 Å². The zero-order valence-electron chi connectivity index (χ0n) is 15.1. The van der Waals surface area contributed by atoms with Gasteiger partial charge >= 0.3 is 0 Å². The van der Waals surface area contributed by atoms with E-state index in [2.05, 4.69) is 22.3 Å². The van der Waals surface area contributed by atoms with Gasteiger partial charge in [-0.1, -0.05) is 26.0 Å². The Morgan fingerprint density at radius 3 is 2.46 bits per heavy atom. The fourth-order valence-electron chi connectivity index (χ4n) is 3.00. The van der Waals surface area contributed by atoms with E-state index in [-0.39, 0.29) is 11.8 Å². The van der Waals surface area contributed by atoms with Crippen molar-refractivity contribution in [2.24, 2.45) is 17.6 Å². The Morgan fingerprint density at radius 1 is 1.29 bits per heavy atom. The number of hydrogen-bond donors (Lipinski definition) is 2. The van der Waals surface area contributed by atoms with Crippen LogP contribution in [0.15, 0.2) is 24.3 Å². The summed E-state index contributed by atoms with van der Waals surface area (Å²) in [7, 11) is 1.69. The smallest absolute Gasteiger partial charge is 0.237 e. The molecule has 2 rings (SSSR count). The zero-order chi connectivity index (χ0) is 17.5. The third kappa shape index (κ3) is 5.49. The molecule has 0 saturated carbocycles. The van der Waals surface area contributed by atoms with E-state index in [0.29, 0.717) is 5.92 Å². The standard InChI is InChI=1S/C19H31N3O2/c1-14(2)18(20)19(23)21-12-15-8-10-22(11-9-15)13-16-4-6-17(24-3)7-5-16/h4-7,14-15,18H,8-13,20H2,1-3H3,(H,21,23)/t18-/m0/s1. The van der Waals surface area contributed by atoms with Crippen LogP contribution >= 0.6 is 0 Å². The highest BCUT2D eigenvalue weighted by atomic mass is 16.5. The lowest BCUT2D eigenvalue weighted by Crippen LogP contribution is -2.46. The Morgan fingerprint density at radius 2 is 1.92 bits per heavy atom. The predicted octanol–water partition coefficient (Wildman–Crippen LogP) is 2.01. The van der Waals surface area contributed by atoms with Gasteiger partial charge in [0.05, 0.1) is 13.2 Å². The fourth-order valence-corrected chi connectivity index (χ4v) is 3.00. The Hall–Kier alpha value is -1.59. The maximum Gasteiger partial charge on any atom is 0.237 e. The van der Waals surface area contributed by atoms with Crippen molar-refractivity contribution >= 4 is 5.91 Å². The SMILES string of the molecule is COc1ccc(CN2CCC(CNC(=O)[C@@H](N)C(C)C)CC2)cc1. The van der Waals surface area contributed by atoms with E-state index in [9.17, 15) is 4.79 Å². The van der Waals surface area contributed by atoms with E-state index < -0.39 is 6.04 Å². The van der Waals surface area contributed by atoms with Gasteiger partial charge in [-0.05, 0) is 55.5 Å². The molecule has 0 aliphatic carbocycles. The molecule has 1 atom stereocenters. The van der Waals surface area contributed by atoms with Crippen molar-refractivity contribution in [3.8, 4) is 5.75 Å². The third-order valence-corrected chi connectivity index (χ3v) is 4.86. The lowest BCUT2D eigenvalue weighted by atomic mass is 9.96. The molecule has 134 valence electrons. The Bertz CT molecular complexity index is 508. The number of rotatable bonds is 7. The van der Waals surface area contributed by atoms with Crippen molar-refractivity contribution in [1.82, 2.24) is 10.2 Å². The van der Waals surface area contributed by atoms with Crippen LogP contribution in [-0.2, 0) is 11.3 Å². The molecule has 1 aromatic rings. The molecule has 1 aliphatic rings. The van der Waals surface area contributed by atoms with Gasteiger partial charge in [0.2, 0.25) is 5.91 Å². The first-order chi connectivity index (χ1) is 11.5. The molecule has 1 aromatic carbocycles. The molecule has 0 aromatic heterocycles.